The van der Waals surface area contributed by atoms with Crippen LogP contribution in [0.3, 0.4) is 0 Å². The molecular formula is C10H11N. The van der Waals surface area contributed by atoms with Crippen LogP contribution in [0.1, 0.15) is 11.6 Å². The smallest absolute Gasteiger partial charge is 0.0920 e. The standard InChI is InChI=1S/C10H11N/c1-3-10(11-2)9-7-5-4-6-8-9/h3-8,10H,1-2H2. The fourth-order valence-corrected chi connectivity index (χ4v) is 0.966. The van der Waals surface area contributed by atoms with Crippen molar-refractivity contribution in [2.24, 2.45) is 4.99 Å². The fourth-order valence-electron chi connectivity index (χ4n) is 0.966. The number of aliphatic imine (C=N–C) groups is 1. The van der Waals surface area contributed by atoms with Crippen LogP contribution in [0.25, 0.3) is 0 Å². The summed E-state index contributed by atoms with van der Waals surface area (Å²) in [4.78, 5) is 3.91. The van der Waals surface area contributed by atoms with E-state index in [1.165, 1.54) is 0 Å². The van der Waals surface area contributed by atoms with Gasteiger partial charge in [0.05, 0.1) is 6.04 Å². The number of hydrogen-bond acceptors (Lipinski definition) is 1. The first kappa shape index (κ1) is 7.73. The second-order valence-corrected chi connectivity index (χ2v) is 2.27. The molecule has 56 valence electrons. The second kappa shape index (κ2) is 3.71. The third-order valence-corrected chi connectivity index (χ3v) is 1.56. The Labute approximate surface area is 67.1 Å². The van der Waals surface area contributed by atoms with Crippen LogP contribution in [0.15, 0.2) is 48.0 Å². The lowest BCUT2D eigenvalue weighted by Crippen LogP contribution is -1.88. The summed E-state index contributed by atoms with van der Waals surface area (Å²) in [6.07, 6.45) is 1.78. The summed E-state index contributed by atoms with van der Waals surface area (Å²) in [5, 5.41) is 0. The van der Waals surface area contributed by atoms with E-state index in [1.807, 2.05) is 30.3 Å². The first-order valence-corrected chi connectivity index (χ1v) is 3.52. The van der Waals surface area contributed by atoms with Crippen molar-refractivity contribution >= 4 is 6.72 Å². The molecule has 0 radical (unpaired) electrons. The van der Waals surface area contributed by atoms with Crippen LogP contribution in [-0.2, 0) is 0 Å². The van der Waals surface area contributed by atoms with Crippen LogP contribution in [0.2, 0.25) is 0 Å². The third kappa shape index (κ3) is 1.77. The summed E-state index contributed by atoms with van der Waals surface area (Å²) >= 11 is 0. The highest BCUT2D eigenvalue weighted by atomic mass is 14.7. The lowest BCUT2D eigenvalue weighted by Gasteiger charge is -2.04. The van der Waals surface area contributed by atoms with Crippen molar-refractivity contribution in [1.29, 1.82) is 0 Å². The van der Waals surface area contributed by atoms with E-state index in [9.17, 15) is 0 Å². The zero-order valence-electron chi connectivity index (χ0n) is 6.40. The molecule has 1 heteroatoms. The summed E-state index contributed by atoms with van der Waals surface area (Å²) in [6, 6.07) is 10.0. The SMILES string of the molecule is C=CC(N=C)c1ccccc1. The van der Waals surface area contributed by atoms with Crippen molar-refractivity contribution in [1.82, 2.24) is 0 Å². The molecule has 0 aliphatic rings. The zero-order valence-corrected chi connectivity index (χ0v) is 6.40. The zero-order chi connectivity index (χ0) is 8.10. The van der Waals surface area contributed by atoms with E-state index >= 15 is 0 Å². The van der Waals surface area contributed by atoms with E-state index in [2.05, 4.69) is 18.3 Å². The van der Waals surface area contributed by atoms with Gasteiger partial charge in [0, 0.05) is 0 Å². The topological polar surface area (TPSA) is 12.4 Å². The van der Waals surface area contributed by atoms with Crippen molar-refractivity contribution in [3.8, 4) is 0 Å². The molecule has 0 saturated carbocycles. The minimum atomic E-state index is 0.0381. The molecule has 1 atom stereocenters. The highest BCUT2D eigenvalue weighted by Gasteiger charge is 2.00. The summed E-state index contributed by atoms with van der Waals surface area (Å²) in [7, 11) is 0. The molecule has 0 spiro atoms. The van der Waals surface area contributed by atoms with Gasteiger partial charge in [0.1, 0.15) is 0 Å². The van der Waals surface area contributed by atoms with E-state index in [0.29, 0.717) is 0 Å². The summed E-state index contributed by atoms with van der Waals surface area (Å²) in [6.45, 7) is 7.16. The highest BCUT2D eigenvalue weighted by Crippen LogP contribution is 2.16. The van der Waals surface area contributed by atoms with Crippen molar-refractivity contribution in [2.75, 3.05) is 0 Å². The minimum Gasteiger partial charge on any atom is -0.289 e. The molecule has 1 nitrogen and oxygen atoms in total. The Balaban J connectivity index is 2.90. The Morgan fingerprint density at radius 3 is 2.36 bits per heavy atom. The van der Waals surface area contributed by atoms with Crippen LogP contribution in [0.5, 0.6) is 0 Å². The van der Waals surface area contributed by atoms with Gasteiger partial charge < -0.3 is 0 Å². The maximum Gasteiger partial charge on any atom is 0.0920 e. The predicted octanol–water partition coefficient (Wildman–Crippen LogP) is 2.61. The average molecular weight is 145 g/mol. The fraction of sp³-hybridized carbons (Fsp3) is 0.100. The Hall–Kier alpha value is -1.37. The molecule has 1 unspecified atom stereocenters. The molecule has 0 amide bonds. The summed E-state index contributed by atoms with van der Waals surface area (Å²) < 4.78 is 0. The number of rotatable bonds is 3. The van der Waals surface area contributed by atoms with Gasteiger partial charge >= 0.3 is 0 Å². The molecule has 0 aliphatic heterocycles. The maximum absolute atomic E-state index is 3.91. The third-order valence-electron chi connectivity index (χ3n) is 1.56. The van der Waals surface area contributed by atoms with Crippen molar-refractivity contribution in [3.63, 3.8) is 0 Å². The van der Waals surface area contributed by atoms with Gasteiger partial charge in [-0.2, -0.15) is 0 Å². The molecule has 0 saturated heterocycles. The molecule has 11 heavy (non-hydrogen) atoms. The molecule has 1 aromatic rings. The Morgan fingerprint density at radius 1 is 1.27 bits per heavy atom. The van der Waals surface area contributed by atoms with Crippen molar-refractivity contribution in [2.45, 2.75) is 6.04 Å². The van der Waals surface area contributed by atoms with Crippen LogP contribution in [-0.4, -0.2) is 6.72 Å². The largest absolute Gasteiger partial charge is 0.289 e. The van der Waals surface area contributed by atoms with Gasteiger partial charge in [0.25, 0.3) is 0 Å². The van der Waals surface area contributed by atoms with Gasteiger partial charge in [-0.1, -0.05) is 36.4 Å². The molecule has 0 fully saturated rings. The van der Waals surface area contributed by atoms with Gasteiger partial charge in [-0.3, -0.25) is 4.99 Å². The Kier molecular flexibility index (Phi) is 2.61. The van der Waals surface area contributed by atoms with E-state index in [0.717, 1.165) is 5.56 Å². The molecule has 0 bridgehead atoms. The van der Waals surface area contributed by atoms with Gasteiger partial charge in [-0.25, -0.2) is 0 Å². The first-order valence-electron chi connectivity index (χ1n) is 3.52. The number of benzene rings is 1. The van der Waals surface area contributed by atoms with Gasteiger partial charge in [-0.05, 0) is 12.3 Å². The Bertz CT molecular complexity index is 230. The number of hydrogen-bond donors (Lipinski definition) is 0. The molecule has 1 aromatic carbocycles. The second-order valence-electron chi connectivity index (χ2n) is 2.27. The molecule has 1 rings (SSSR count). The summed E-state index contributed by atoms with van der Waals surface area (Å²) in [5.41, 5.74) is 1.14. The van der Waals surface area contributed by atoms with Crippen LogP contribution in [0.4, 0.5) is 0 Å². The monoisotopic (exact) mass is 145 g/mol. The maximum atomic E-state index is 3.91. The van der Waals surface area contributed by atoms with E-state index in [-0.39, 0.29) is 6.04 Å². The lowest BCUT2D eigenvalue weighted by atomic mass is 10.1. The quantitative estimate of drug-likeness (QED) is 0.458. The van der Waals surface area contributed by atoms with Crippen LogP contribution in [0, 0.1) is 0 Å². The normalized spacial score (nSPS) is 12.0. The molecule has 0 aliphatic carbocycles. The molecular weight excluding hydrogens is 134 g/mol. The minimum absolute atomic E-state index is 0.0381. The van der Waals surface area contributed by atoms with Crippen LogP contribution < -0.4 is 0 Å². The van der Waals surface area contributed by atoms with Crippen LogP contribution >= 0.6 is 0 Å². The van der Waals surface area contributed by atoms with E-state index < -0.39 is 0 Å². The van der Waals surface area contributed by atoms with Crippen molar-refractivity contribution < 1.29 is 0 Å². The molecule has 0 heterocycles. The van der Waals surface area contributed by atoms with Crippen molar-refractivity contribution in [3.05, 3.63) is 48.6 Å². The Morgan fingerprint density at radius 2 is 1.91 bits per heavy atom. The van der Waals surface area contributed by atoms with E-state index in [4.69, 9.17) is 0 Å². The molecule has 0 aromatic heterocycles. The average Bonchev–Trinajstić information content (AvgIpc) is 2.09. The highest BCUT2D eigenvalue weighted by molar-refractivity contribution is 5.30. The van der Waals surface area contributed by atoms with Gasteiger partial charge in [-0.15, -0.1) is 6.58 Å². The first-order chi connectivity index (χ1) is 5.38. The number of nitrogens with zero attached hydrogens (tertiary/aromatic N) is 1. The van der Waals surface area contributed by atoms with E-state index in [1.54, 1.807) is 6.08 Å². The lowest BCUT2D eigenvalue weighted by molar-refractivity contribution is 0.926. The predicted molar refractivity (Wildman–Crippen MR) is 48.9 cm³/mol. The molecule has 0 N–H and O–H groups in total. The summed E-state index contributed by atoms with van der Waals surface area (Å²) in [5.74, 6) is 0. The van der Waals surface area contributed by atoms with Gasteiger partial charge in [0.15, 0.2) is 0 Å². The van der Waals surface area contributed by atoms with Gasteiger partial charge in [0.2, 0.25) is 0 Å².